The van der Waals surface area contributed by atoms with Crippen molar-refractivity contribution < 1.29 is 15.3 Å². The monoisotopic (exact) mass is 240 g/mol. The van der Waals surface area contributed by atoms with Crippen molar-refractivity contribution in [3.63, 3.8) is 0 Å². The van der Waals surface area contributed by atoms with E-state index in [2.05, 4.69) is 10.2 Å². The number of nitrogens with one attached hydrogen (secondary N) is 1. The van der Waals surface area contributed by atoms with Gasteiger partial charge in [0.1, 0.15) is 0 Å². The van der Waals surface area contributed by atoms with Gasteiger partial charge in [0.25, 0.3) is 0 Å². The van der Waals surface area contributed by atoms with Gasteiger partial charge in [0.15, 0.2) is 11.5 Å². The van der Waals surface area contributed by atoms with Crippen LogP contribution in [0.1, 0.15) is 12.5 Å². The number of hydrogen-bond donors (Lipinski definition) is 4. The summed E-state index contributed by atoms with van der Waals surface area (Å²) in [5, 5.41) is 31.4. The minimum Gasteiger partial charge on any atom is -0.504 e. The van der Waals surface area contributed by atoms with E-state index < -0.39 is 5.75 Å². The molecule has 5 nitrogen and oxygen atoms in total. The fourth-order valence-corrected chi connectivity index (χ4v) is 1.65. The van der Waals surface area contributed by atoms with Crippen molar-refractivity contribution in [3.05, 3.63) is 17.7 Å². The average molecular weight is 240 g/mol. The first kappa shape index (κ1) is 13.6. The van der Waals surface area contributed by atoms with E-state index in [1.807, 2.05) is 21.0 Å². The first-order valence-corrected chi connectivity index (χ1v) is 5.52. The largest absolute Gasteiger partial charge is 0.504 e. The van der Waals surface area contributed by atoms with Crippen molar-refractivity contribution in [1.29, 1.82) is 0 Å². The number of likely N-dealkylation sites (N-methyl/N-ethyl adjacent to an activating group) is 1. The minimum atomic E-state index is -0.468. The zero-order valence-electron chi connectivity index (χ0n) is 10.4. The molecule has 4 N–H and O–H groups in total. The van der Waals surface area contributed by atoms with E-state index in [-0.39, 0.29) is 17.5 Å². The maximum absolute atomic E-state index is 9.61. The highest BCUT2D eigenvalue weighted by Crippen LogP contribution is 2.36. The van der Waals surface area contributed by atoms with Crippen molar-refractivity contribution in [2.75, 3.05) is 20.6 Å². The second-order valence-electron chi connectivity index (χ2n) is 4.49. The molecule has 0 fully saturated rings. The van der Waals surface area contributed by atoms with Gasteiger partial charge in [-0.25, -0.2) is 0 Å². The Morgan fingerprint density at radius 2 is 1.82 bits per heavy atom. The molecule has 1 aromatic carbocycles. The molecule has 1 atom stereocenters. The number of nitrogens with zero attached hydrogens (tertiary/aromatic N) is 1. The van der Waals surface area contributed by atoms with Gasteiger partial charge in [-0.15, -0.1) is 0 Å². The lowest BCUT2D eigenvalue weighted by atomic mass is 10.1. The van der Waals surface area contributed by atoms with Gasteiger partial charge in [-0.1, -0.05) is 6.07 Å². The fourth-order valence-electron chi connectivity index (χ4n) is 1.65. The molecule has 0 aromatic heterocycles. The third kappa shape index (κ3) is 3.80. The fraction of sp³-hybridized carbons (Fsp3) is 0.500. The number of benzene rings is 1. The normalized spacial score (nSPS) is 12.9. The van der Waals surface area contributed by atoms with Crippen LogP contribution in [-0.2, 0) is 6.54 Å². The first-order valence-electron chi connectivity index (χ1n) is 5.52. The van der Waals surface area contributed by atoms with Gasteiger partial charge in [-0.05, 0) is 27.1 Å². The lowest BCUT2D eigenvalue weighted by molar-refractivity contribution is 0.343. The third-order valence-corrected chi connectivity index (χ3v) is 2.49. The van der Waals surface area contributed by atoms with Crippen molar-refractivity contribution in [3.8, 4) is 17.2 Å². The van der Waals surface area contributed by atoms with Crippen LogP contribution in [0, 0.1) is 0 Å². The molecule has 0 aliphatic rings. The summed E-state index contributed by atoms with van der Waals surface area (Å²) >= 11 is 0. The predicted molar refractivity (Wildman–Crippen MR) is 66.3 cm³/mol. The minimum absolute atomic E-state index is 0.264. The molecular weight excluding hydrogens is 220 g/mol. The van der Waals surface area contributed by atoms with Gasteiger partial charge < -0.3 is 25.5 Å². The van der Waals surface area contributed by atoms with Gasteiger partial charge in [-0.3, -0.25) is 0 Å². The molecule has 0 amide bonds. The van der Waals surface area contributed by atoms with E-state index in [0.717, 1.165) is 6.54 Å². The van der Waals surface area contributed by atoms with E-state index in [1.165, 1.54) is 6.07 Å². The Balaban J connectivity index is 2.61. The molecule has 5 heteroatoms. The standard InChI is InChI=1S/C12H20N2O3/c1-8(7-14(2)3)13-6-9-4-5-10(15)12(17)11(9)16/h4-5,8,13,15-17H,6-7H2,1-3H3. The topological polar surface area (TPSA) is 76.0 Å². The third-order valence-electron chi connectivity index (χ3n) is 2.49. The Morgan fingerprint density at radius 1 is 1.18 bits per heavy atom. The molecule has 0 saturated carbocycles. The van der Waals surface area contributed by atoms with Gasteiger partial charge in [-0.2, -0.15) is 0 Å². The maximum Gasteiger partial charge on any atom is 0.200 e. The van der Waals surface area contributed by atoms with E-state index in [4.69, 9.17) is 0 Å². The predicted octanol–water partition coefficient (Wildman–Crippen LogP) is 0.843. The first-order chi connectivity index (χ1) is 7.91. The highest BCUT2D eigenvalue weighted by Gasteiger charge is 2.11. The number of phenolic OH excluding ortho intramolecular Hbond substituents is 3. The van der Waals surface area contributed by atoms with Crippen LogP contribution in [0.15, 0.2) is 12.1 Å². The van der Waals surface area contributed by atoms with Crippen LogP contribution in [0.5, 0.6) is 17.2 Å². The van der Waals surface area contributed by atoms with Gasteiger partial charge in [0.05, 0.1) is 0 Å². The molecule has 0 spiro atoms. The molecule has 1 aromatic rings. The molecule has 1 unspecified atom stereocenters. The molecule has 17 heavy (non-hydrogen) atoms. The molecule has 0 heterocycles. The zero-order valence-corrected chi connectivity index (χ0v) is 10.4. The highest BCUT2D eigenvalue weighted by molar-refractivity contribution is 5.52. The summed E-state index contributed by atoms with van der Waals surface area (Å²) in [6.45, 7) is 3.36. The second kappa shape index (κ2) is 5.75. The summed E-state index contributed by atoms with van der Waals surface area (Å²) in [5.41, 5.74) is 0.561. The van der Waals surface area contributed by atoms with Crippen LogP contribution in [0.25, 0.3) is 0 Å². The van der Waals surface area contributed by atoms with Crippen molar-refractivity contribution in [2.24, 2.45) is 0 Å². The summed E-state index contributed by atoms with van der Waals surface area (Å²) < 4.78 is 0. The van der Waals surface area contributed by atoms with Gasteiger partial charge >= 0.3 is 0 Å². The summed E-state index contributed by atoms with van der Waals surface area (Å²) in [6, 6.07) is 3.21. The molecule has 96 valence electrons. The Hall–Kier alpha value is -1.46. The number of phenols is 3. The molecule has 0 aliphatic heterocycles. The number of aromatic hydroxyl groups is 3. The molecule has 0 radical (unpaired) electrons. The molecule has 1 rings (SSSR count). The van der Waals surface area contributed by atoms with Crippen molar-refractivity contribution >= 4 is 0 Å². The van der Waals surface area contributed by atoms with Crippen LogP contribution in [0.4, 0.5) is 0 Å². The van der Waals surface area contributed by atoms with E-state index in [0.29, 0.717) is 12.1 Å². The maximum atomic E-state index is 9.61. The molecular formula is C12H20N2O3. The van der Waals surface area contributed by atoms with E-state index >= 15 is 0 Å². The lowest BCUT2D eigenvalue weighted by Gasteiger charge is -2.18. The smallest absolute Gasteiger partial charge is 0.200 e. The van der Waals surface area contributed by atoms with Crippen LogP contribution >= 0.6 is 0 Å². The summed E-state index contributed by atoms with van der Waals surface area (Å²) in [7, 11) is 3.98. The Labute approximate surface area is 101 Å². The van der Waals surface area contributed by atoms with Crippen molar-refractivity contribution in [1.82, 2.24) is 10.2 Å². The van der Waals surface area contributed by atoms with E-state index in [9.17, 15) is 15.3 Å². The summed E-state index contributed by atoms with van der Waals surface area (Å²) in [5.74, 6) is -1.05. The Bertz CT molecular complexity index is 380. The molecule has 0 bridgehead atoms. The Kier molecular flexibility index (Phi) is 4.60. The second-order valence-corrected chi connectivity index (χ2v) is 4.49. The van der Waals surface area contributed by atoms with Crippen LogP contribution < -0.4 is 5.32 Å². The van der Waals surface area contributed by atoms with Gasteiger partial charge in [0, 0.05) is 24.7 Å². The Morgan fingerprint density at radius 3 is 2.41 bits per heavy atom. The SMILES string of the molecule is CC(CN(C)C)NCc1ccc(O)c(O)c1O. The lowest BCUT2D eigenvalue weighted by Crippen LogP contribution is -2.35. The molecule has 0 saturated heterocycles. The quantitative estimate of drug-likeness (QED) is 0.574. The van der Waals surface area contributed by atoms with Crippen LogP contribution in [0.2, 0.25) is 0 Å². The summed E-state index contributed by atoms with van der Waals surface area (Å²) in [6.07, 6.45) is 0. The molecule has 0 aliphatic carbocycles. The number of hydrogen-bond acceptors (Lipinski definition) is 5. The number of rotatable bonds is 5. The van der Waals surface area contributed by atoms with Gasteiger partial charge in [0.2, 0.25) is 5.75 Å². The van der Waals surface area contributed by atoms with Crippen LogP contribution in [-0.4, -0.2) is 46.9 Å². The zero-order chi connectivity index (χ0) is 13.0. The average Bonchev–Trinajstić information content (AvgIpc) is 2.24. The van der Waals surface area contributed by atoms with Crippen molar-refractivity contribution in [2.45, 2.75) is 19.5 Å². The van der Waals surface area contributed by atoms with E-state index in [1.54, 1.807) is 6.07 Å². The van der Waals surface area contributed by atoms with Crippen LogP contribution in [0.3, 0.4) is 0 Å². The highest BCUT2D eigenvalue weighted by atomic mass is 16.3. The summed E-state index contributed by atoms with van der Waals surface area (Å²) in [4.78, 5) is 2.06.